The minimum absolute atomic E-state index is 0.143. The molecule has 3 rings (SSSR count). The standard InChI is InChI=1S/C18H16ClN3O3S/c1-26(24,25)16-7-4-6-15(9-16)21-18(23)14-10-20-22(12-14)11-13-5-2-3-8-17(13)19/h2-10,12H,11H2,1H3,(H,21,23). The molecule has 0 radical (unpaired) electrons. The number of amides is 1. The molecule has 0 saturated heterocycles. The number of carbonyl (C=O) groups excluding carboxylic acids is 1. The molecule has 3 aromatic rings. The summed E-state index contributed by atoms with van der Waals surface area (Å²) in [6, 6.07) is 13.5. The summed E-state index contributed by atoms with van der Waals surface area (Å²) >= 11 is 6.13. The van der Waals surface area contributed by atoms with Gasteiger partial charge in [-0.2, -0.15) is 5.10 Å². The number of hydrogen-bond acceptors (Lipinski definition) is 4. The molecule has 6 nitrogen and oxygen atoms in total. The van der Waals surface area contributed by atoms with E-state index in [2.05, 4.69) is 10.4 Å². The second-order valence-electron chi connectivity index (χ2n) is 5.77. The maximum Gasteiger partial charge on any atom is 0.258 e. The molecule has 26 heavy (non-hydrogen) atoms. The monoisotopic (exact) mass is 389 g/mol. The number of halogens is 1. The molecule has 0 atom stereocenters. The van der Waals surface area contributed by atoms with Gasteiger partial charge in [0.05, 0.1) is 23.2 Å². The molecule has 0 fully saturated rings. The Hall–Kier alpha value is -2.64. The third-order valence-corrected chi connectivity index (χ3v) is 5.18. The Morgan fingerprint density at radius 3 is 2.69 bits per heavy atom. The number of anilines is 1. The molecule has 0 spiro atoms. The number of carbonyl (C=O) groups is 1. The Morgan fingerprint density at radius 1 is 1.19 bits per heavy atom. The average Bonchev–Trinajstić information content (AvgIpc) is 3.05. The molecular formula is C18H16ClN3O3S. The highest BCUT2D eigenvalue weighted by atomic mass is 35.5. The van der Waals surface area contributed by atoms with Crippen LogP contribution >= 0.6 is 11.6 Å². The van der Waals surface area contributed by atoms with E-state index in [0.29, 0.717) is 22.8 Å². The number of nitrogens with zero attached hydrogens (tertiary/aromatic N) is 2. The molecular weight excluding hydrogens is 374 g/mol. The van der Waals surface area contributed by atoms with Gasteiger partial charge in [-0.1, -0.05) is 35.9 Å². The molecule has 8 heteroatoms. The quantitative estimate of drug-likeness (QED) is 0.726. The van der Waals surface area contributed by atoms with E-state index in [0.717, 1.165) is 11.8 Å². The van der Waals surface area contributed by atoms with Crippen LogP contribution in [0.25, 0.3) is 0 Å². The van der Waals surface area contributed by atoms with Crippen LogP contribution in [-0.4, -0.2) is 30.4 Å². The van der Waals surface area contributed by atoms with Crippen molar-refractivity contribution >= 4 is 33.0 Å². The van der Waals surface area contributed by atoms with Gasteiger partial charge < -0.3 is 5.32 Å². The van der Waals surface area contributed by atoms with Gasteiger partial charge in [0.15, 0.2) is 9.84 Å². The topological polar surface area (TPSA) is 81.1 Å². The van der Waals surface area contributed by atoms with Gasteiger partial charge in [-0.15, -0.1) is 0 Å². The van der Waals surface area contributed by atoms with Crippen molar-refractivity contribution in [3.63, 3.8) is 0 Å². The van der Waals surface area contributed by atoms with Gasteiger partial charge in [-0.3, -0.25) is 9.48 Å². The number of sulfone groups is 1. The molecule has 1 heterocycles. The molecule has 0 aliphatic rings. The predicted octanol–water partition coefficient (Wildman–Crippen LogP) is 3.24. The summed E-state index contributed by atoms with van der Waals surface area (Å²) in [5, 5.41) is 7.48. The SMILES string of the molecule is CS(=O)(=O)c1cccc(NC(=O)c2cnn(Cc3ccccc3Cl)c2)c1. The zero-order chi connectivity index (χ0) is 18.7. The molecule has 0 bridgehead atoms. The second-order valence-corrected chi connectivity index (χ2v) is 8.20. The van der Waals surface area contributed by atoms with Crippen molar-refractivity contribution < 1.29 is 13.2 Å². The Kier molecular flexibility index (Phi) is 5.11. The lowest BCUT2D eigenvalue weighted by Gasteiger charge is -2.06. The highest BCUT2D eigenvalue weighted by Gasteiger charge is 2.12. The highest BCUT2D eigenvalue weighted by molar-refractivity contribution is 7.90. The summed E-state index contributed by atoms with van der Waals surface area (Å²) in [7, 11) is -3.34. The number of rotatable bonds is 5. The first-order valence-corrected chi connectivity index (χ1v) is 9.97. The molecule has 0 saturated carbocycles. The van der Waals surface area contributed by atoms with Crippen molar-refractivity contribution in [2.24, 2.45) is 0 Å². The van der Waals surface area contributed by atoms with Gasteiger partial charge in [0.25, 0.3) is 5.91 Å². The van der Waals surface area contributed by atoms with Gasteiger partial charge >= 0.3 is 0 Å². The largest absolute Gasteiger partial charge is 0.322 e. The smallest absolute Gasteiger partial charge is 0.258 e. The van der Waals surface area contributed by atoms with Crippen LogP contribution in [0.15, 0.2) is 65.8 Å². The maximum absolute atomic E-state index is 12.4. The minimum atomic E-state index is -3.34. The predicted molar refractivity (Wildman–Crippen MR) is 100 cm³/mol. The van der Waals surface area contributed by atoms with Crippen LogP contribution in [0.1, 0.15) is 15.9 Å². The van der Waals surface area contributed by atoms with E-state index < -0.39 is 9.84 Å². The van der Waals surface area contributed by atoms with E-state index in [-0.39, 0.29) is 10.8 Å². The lowest BCUT2D eigenvalue weighted by atomic mass is 10.2. The highest BCUT2D eigenvalue weighted by Crippen LogP contribution is 2.18. The van der Waals surface area contributed by atoms with Crippen molar-refractivity contribution in [3.05, 3.63) is 77.1 Å². The van der Waals surface area contributed by atoms with E-state index in [4.69, 9.17) is 11.6 Å². The number of hydrogen-bond donors (Lipinski definition) is 1. The Bertz CT molecular complexity index is 1060. The number of aromatic nitrogens is 2. The van der Waals surface area contributed by atoms with Gasteiger partial charge in [0, 0.05) is 23.2 Å². The van der Waals surface area contributed by atoms with Crippen molar-refractivity contribution in [2.75, 3.05) is 11.6 Å². The van der Waals surface area contributed by atoms with Gasteiger partial charge in [-0.25, -0.2) is 8.42 Å². The zero-order valence-electron chi connectivity index (χ0n) is 13.9. The molecule has 1 amide bonds. The van der Waals surface area contributed by atoms with Crippen LogP contribution in [0, 0.1) is 0 Å². The molecule has 0 aliphatic heterocycles. The van der Waals surface area contributed by atoms with Gasteiger partial charge in [-0.05, 0) is 29.8 Å². The Balaban J connectivity index is 1.74. The maximum atomic E-state index is 12.4. The first kappa shape index (κ1) is 18.2. The van der Waals surface area contributed by atoms with Crippen LogP contribution < -0.4 is 5.32 Å². The van der Waals surface area contributed by atoms with E-state index in [1.165, 1.54) is 18.3 Å². The van der Waals surface area contributed by atoms with Crippen LogP contribution in [0.2, 0.25) is 5.02 Å². The van der Waals surface area contributed by atoms with Crippen LogP contribution in [0.3, 0.4) is 0 Å². The summed E-state index contributed by atoms with van der Waals surface area (Å²) in [5.41, 5.74) is 1.66. The van der Waals surface area contributed by atoms with Crippen LogP contribution in [0.4, 0.5) is 5.69 Å². The molecule has 0 aliphatic carbocycles. The van der Waals surface area contributed by atoms with Crippen LogP contribution in [0.5, 0.6) is 0 Å². The first-order chi connectivity index (χ1) is 12.3. The summed E-state index contributed by atoms with van der Waals surface area (Å²) in [5.74, 6) is -0.374. The van der Waals surface area contributed by atoms with E-state index in [9.17, 15) is 13.2 Å². The van der Waals surface area contributed by atoms with Crippen molar-refractivity contribution in [1.29, 1.82) is 0 Å². The van der Waals surface area contributed by atoms with Crippen molar-refractivity contribution in [2.45, 2.75) is 11.4 Å². The molecule has 134 valence electrons. The minimum Gasteiger partial charge on any atom is -0.322 e. The number of nitrogens with one attached hydrogen (secondary N) is 1. The summed E-state index contributed by atoms with van der Waals surface area (Å²) < 4.78 is 24.8. The van der Waals surface area contributed by atoms with E-state index >= 15 is 0 Å². The Labute approximate surface area is 156 Å². The fraction of sp³-hybridized carbons (Fsp3) is 0.111. The third-order valence-electron chi connectivity index (χ3n) is 3.71. The van der Waals surface area contributed by atoms with E-state index in [1.807, 2.05) is 18.2 Å². The summed E-state index contributed by atoms with van der Waals surface area (Å²) in [4.78, 5) is 12.5. The summed E-state index contributed by atoms with van der Waals surface area (Å²) in [6.07, 6.45) is 4.18. The van der Waals surface area contributed by atoms with Crippen molar-refractivity contribution in [3.8, 4) is 0 Å². The van der Waals surface area contributed by atoms with E-state index in [1.54, 1.807) is 29.1 Å². The van der Waals surface area contributed by atoms with Crippen molar-refractivity contribution in [1.82, 2.24) is 9.78 Å². The third kappa shape index (κ3) is 4.30. The molecule has 1 N–H and O–H groups in total. The molecule has 2 aromatic carbocycles. The summed E-state index contributed by atoms with van der Waals surface area (Å²) in [6.45, 7) is 0.441. The molecule has 1 aromatic heterocycles. The zero-order valence-corrected chi connectivity index (χ0v) is 15.5. The first-order valence-electron chi connectivity index (χ1n) is 7.70. The molecule has 0 unspecified atom stereocenters. The van der Waals surface area contributed by atoms with Gasteiger partial charge in [0.2, 0.25) is 0 Å². The normalized spacial score (nSPS) is 11.3. The number of benzene rings is 2. The average molecular weight is 390 g/mol. The van der Waals surface area contributed by atoms with Crippen LogP contribution in [-0.2, 0) is 16.4 Å². The fourth-order valence-electron chi connectivity index (χ4n) is 2.38. The lowest BCUT2D eigenvalue weighted by molar-refractivity contribution is 0.102. The lowest BCUT2D eigenvalue weighted by Crippen LogP contribution is -2.11. The fourth-order valence-corrected chi connectivity index (χ4v) is 3.24. The Morgan fingerprint density at radius 2 is 1.96 bits per heavy atom. The second kappa shape index (κ2) is 7.31. The van der Waals surface area contributed by atoms with Gasteiger partial charge in [0.1, 0.15) is 0 Å².